The van der Waals surface area contributed by atoms with Crippen LogP contribution >= 0.6 is 15.9 Å². The third kappa shape index (κ3) is 1.72. The van der Waals surface area contributed by atoms with Crippen LogP contribution in [0.15, 0.2) is 10.5 Å². The summed E-state index contributed by atoms with van der Waals surface area (Å²) in [6.45, 7) is 1.72. The molecule has 0 fully saturated rings. The van der Waals surface area contributed by atoms with Crippen LogP contribution in [0, 0.1) is 12.7 Å². The average molecular weight is 247 g/mol. The molecule has 0 saturated heterocycles. The molecule has 2 nitrogen and oxygen atoms in total. The van der Waals surface area contributed by atoms with Crippen molar-refractivity contribution in [3.63, 3.8) is 0 Å². The maximum atomic E-state index is 13.2. The van der Waals surface area contributed by atoms with Gasteiger partial charge < -0.3 is 4.74 Å². The molecule has 0 N–H and O–H groups in total. The zero-order chi connectivity index (χ0) is 10.0. The predicted molar refractivity (Wildman–Crippen MR) is 50.8 cm³/mol. The van der Waals surface area contributed by atoms with Crippen LogP contribution in [0.3, 0.4) is 0 Å². The largest absolute Gasteiger partial charge is 0.493 e. The summed E-state index contributed by atoms with van der Waals surface area (Å²) in [6, 6.07) is 1.28. The van der Waals surface area contributed by atoms with E-state index in [1.165, 1.54) is 13.2 Å². The van der Waals surface area contributed by atoms with Crippen molar-refractivity contribution in [3.8, 4) is 5.75 Å². The molecule has 70 valence electrons. The first-order valence-electron chi connectivity index (χ1n) is 3.59. The zero-order valence-corrected chi connectivity index (χ0v) is 8.81. The zero-order valence-electron chi connectivity index (χ0n) is 7.23. The van der Waals surface area contributed by atoms with E-state index in [0.717, 1.165) is 0 Å². The molecular weight excluding hydrogens is 239 g/mol. The Bertz CT molecular complexity index is 350. The standard InChI is InChI=1S/C9H8BrFO2/c1-5-6(4-12)9(13-2)8(11)3-7(5)10/h3-4H,1-2H3. The van der Waals surface area contributed by atoms with Gasteiger partial charge in [0.25, 0.3) is 0 Å². The monoisotopic (exact) mass is 246 g/mol. The van der Waals surface area contributed by atoms with Crippen LogP contribution < -0.4 is 4.74 Å². The Morgan fingerprint density at radius 1 is 1.62 bits per heavy atom. The number of methoxy groups -OCH3 is 1. The van der Waals surface area contributed by atoms with Crippen molar-refractivity contribution >= 4 is 22.2 Å². The summed E-state index contributed by atoms with van der Waals surface area (Å²) in [5.74, 6) is -0.544. The lowest BCUT2D eigenvalue weighted by Gasteiger charge is -2.08. The summed E-state index contributed by atoms with van der Waals surface area (Å²) in [5.41, 5.74) is 0.919. The van der Waals surface area contributed by atoms with Gasteiger partial charge in [-0.05, 0) is 18.6 Å². The molecule has 0 saturated carbocycles. The number of aldehydes is 1. The quantitative estimate of drug-likeness (QED) is 0.751. The van der Waals surface area contributed by atoms with Gasteiger partial charge in [-0.2, -0.15) is 0 Å². The maximum Gasteiger partial charge on any atom is 0.166 e. The number of hydrogen-bond acceptors (Lipinski definition) is 2. The minimum absolute atomic E-state index is 0.00398. The highest BCUT2D eigenvalue weighted by Crippen LogP contribution is 2.29. The van der Waals surface area contributed by atoms with E-state index in [1.807, 2.05) is 0 Å². The van der Waals surface area contributed by atoms with Crippen molar-refractivity contribution in [2.45, 2.75) is 6.92 Å². The number of carbonyl (C=O) groups is 1. The third-order valence-corrected chi connectivity index (χ3v) is 2.62. The van der Waals surface area contributed by atoms with Gasteiger partial charge in [0.2, 0.25) is 0 Å². The van der Waals surface area contributed by atoms with E-state index in [2.05, 4.69) is 15.9 Å². The fraction of sp³-hybridized carbons (Fsp3) is 0.222. The first-order chi connectivity index (χ1) is 6.11. The van der Waals surface area contributed by atoms with Gasteiger partial charge in [-0.3, -0.25) is 4.79 Å². The molecule has 0 aliphatic heterocycles. The Hall–Kier alpha value is -0.900. The molecule has 4 heteroatoms. The Balaban J connectivity index is 3.50. The van der Waals surface area contributed by atoms with E-state index >= 15 is 0 Å². The molecular formula is C9H8BrFO2. The molecule has 0 bridgehead atoms. The van der Waals surface area contributed by atoms with Crippen molar-refractivity contribution in [1.29, 1.82) is 0 Å². The molecule has 0 atom stereocenters. The lowest BCUT2D eigenvalue weighted by molar-refractivity contribution is 0.111. The summed E-state index contributed by atoms with van der Waals surface area (Å²) in [4.78, 5) is 10.6. The van der Waals surface area contributed by atoms with E-state index in [1.54, 1.807) is 6.92 Å². The Kier molecular flexibility index (Phi) is 3.03. The van der Waals surface area contributed by atoms with Gasteiger partial charge in [-0.25, -0.2) is 4.39 Å². The van der Waals surface area contributed by atoms with Gasteiger partial charge in [-0.1, -0.05) is 15.9 Å². The van der Waals surface area contributed by atoms with E-state index in [0.29, 0.717) is 16.3 Å². The lowest BCUT2D eigenvalue weighted by atomic mass is 10.1. The van der Waals surface area contributed by atoms with E-state index < -0.39 is 5.82 Å². The lowest BCUT2D eigenvalue weighted by Crippen LogP contribution is -1.98. The molecule has 1 aromatic rings. The third-order valence-electron chi connectivity index (χ3n) is 1.80. The normalized spacial score (nSPS) is 9.85. The highest BCUT2D eigenvalue weighted by molar-refractivity contribution is 9.10. The SMILES string of the molecule is COc1c(F)cc(Br)c(C)c1C=O. The van der Waals surface area contributed by atoms with Crippen LogP contribution in [0.1, 0.15) is 15.9 Å². The molecule has 1 aromatic carbocycles. The van der Waals surface area contributed by atoms with Gasteiger partial charge in [0, 0.05) is 4.47 Å². The van der Waals surface area contributed by atoms with Gasteiger partial charge in [0.1, 0.15) is 0 Å². The second-order valence-electron chi connectivity index (χ2n) is 2.53. The number of carbonyl (C=O) groups excluding carboxylic acids is 1. The Labute approximate surface area is 83.8 Å². The minimum atomic E-state index is -0.540. The minimum Gasteiger partial charge on any atom is -0.493 e. The van der Waals surface area contributed by atoms with Crippen LogP contribution in [0.2, 0.25) is 0 Å². The average Bonchev–Trinajstić information content (AvgIpc) is 2.10. The highest BCUT2D eigenvalue weighted by atomic mass is 79.9. The van der Waals surface area contributed by atoms with E-state index in [9.17, 15) is 9.18 Å². The molecule has 0 unspecified atom stereocenters. The van der Waals surface area contributed by atoms with Gasteiger partial charge in [-0.15, -0.1) is 0 Å². The number of benzene rings is 1. The topological polar surface area (TPSA) is 26.3 Å². The van der Waals surface area contributed by atoms with Crippen molar-refractivity contribution in [1.82, 2.24) is 0 Å². The molecule has 0 spiro atoms. The molecule has 0 aromatic heterocycles. The number of halogens is 2. The van der Waals surface area contributed by atoms with Crippen LogP contribution in [-0.4, -0.2) is 13.4 Å². The Morgan fingerprint density at radius 3 is 2.69 bits per heavy atom. The second kappa shape index (κ2) is 3.87. The van der Waals surface area contributed by atoms with Crippen LogP contribution in [0.4, 0.5) is 4.39 Å². The van der Waals surface area contributed by atoms with Crippen molar-refractivity contribution < 1.29 is 13.9 Å². The van der Waals surface area contributed by atoms with Gasteiger partial charge in [0.05, 0.1) is 12.7 Å². The van der Waals surface area contributed by atoms with Crippen LogP contribution in [-0.2, 0) is 0 Å². The Morgan fingerprint density at radius 2 is 2.23 bits per heavy atom. The summed E-state index contributed by atoms with van der Waals surface area (Å²) in [5, 5.41) is 0. The molecule has 0 radical (unpaired) electrons. The smallest absolute Gasteiger partial charge is 0.166 e. The summed E-state index contributed by atoms with van der Waals surface area (Å²) < 4.78 is 18.5. The molecule has 1 rings (SSSR count). The van der Waals surface area contributed by atoms with Gasteiger partial charge in [0.15, 0.2) is 17.9 Å². The molecule has 0 aliphatic carbocycles. The fourth-order valence-electron chi connectivity index (χ4n) is 1.06. The van der Waals surface area contributed by atoms with E-state index in [4.69, 9.17) is 4.74 Å². The summed E-state index contributed by atoms with van der Waals surface area (Å²) in [6.07, 6.45) is 0.585. The van der Waals surface area contributed by atoms with E-state index in [-0.39, 0.29) is 11.3 Å². The fourth-order valence-corrected chi connectivity index (χ4v) is 1.48. The first-order valence-corrected chi connectivity index (χ1v) is 4.39. The molecule has 0 aliphatic rings. The highest BCUT2D eigenvalue weighted by Gasteiger charge is 2.14. The van der Waals surface area contributed by atoms with Gasteiger partial charge >= 0.3 is 0 Å². The molecule has 0 heterocycles. The number of ether oxygens (including phenoxy) is 1. The van der Waals surface area contributed by atoms with Crippen LogP contribution in [0.25, 0.3) is 0 Å². The molecule has 13 heavy (non-hydrogen) atoms. The second-order valence-corrected chi connectivity index (χ2v) is 3.38. The first kappa shape index (κ1) is 10.2. The summed E-state index contributed by atoms with van der Waals surface area (Å²) in [7, 11) is 1.33. The van der Waals surface area contributed by atoms with Crippen LogP contribution in [0.5, 0.6) is 5.75 Å². The maximum absolute atomic E-state index is 13.2. The predicted octanol–water partition coefficient (Wildman–Crippen LogP) is 2.72. The number of rotatable bonds is 2. The van der Waals surface area contributed by atoms with Crippen molar-refractivity contribution in [2.75, 3.05) is 7.11 Å². The number of hydrogen-bond donors (Lipinski definition) is 0. The molecule has 0 amide bonds. The van der Waals surface area contributed by atoms with Crippen molar-refractivity contribution in [2.24, 2.45) is 0 Å². The van der Waals surface area contributed by atoms with Crippen molar-refractivity contribution in [3.05, 3.63) is 27.5 Å². The summed E-state index contributed by atoms with van der Waals surface area (Å²) >= 11 is 3.15.